The van der Waals surface area contributed by atoms with Crippen molar-refractivity contribution in [2.45, 2.75) is 50.4 Å². The number of halogens is 3. The van der Waals surface area contributed by atoms with Crippen molar-refractivity contribution in [2.75, 3.05) is 20.1 Å². The first-order valence-corrected chi connectivity index (χ1v) is 7.02. The summed E-state index contributed by atoms with van der Waals surface area (Å²) in [5.41, 5.74) is -2.33. The summed E-state index contributed by atoms with van der Waals surface area (Å²) < 4.78 is 40.0. The van der Waals surface area contributed by atoms with Gasteiger partial charge < -0.3 is 15.3 Å². The molecule has 1 aliphatic heterocycles. The van der Waals surface area contributed by atoms with E-state index in [4.69, 9.17) is 0 Å². The van der Waals surface area contributed by atoms with E-state index in [0.29, 0.717) is 12.8 Å². The number of nitrogens with zero attached hydrogens (tertiary/aromatic N) is 1. The summed E-state index contributed by atoms with van der Waals surface area (Å²) in [7, 11) is 1.38. The molecule has 1 amide bonds. The fourth-order valence-electron chi connectivity index (χ4n) is 3.27. The van der Waals surface area contributed by atoms with Crippen molar-refractivity contribution >= 4 is 5.91 Å². The number of aliphatic hydroxyl groups excluding tert-OH is 1. The fourth-order valence-corrected chi connectivity index (χ4v) is 3.27. The molecular weight excluding hydrogens is 273 g/mol. The van der Waals surface area contributed by atoms with Crippen LogP contribution >= 0.6 is 0 Å². The molecule has 3 atom stereocenters. The third-order valence-electron chi connectivity index (χ3n) is 4.62. The third kappa shape index (κ3) is 2.53. The van der Waals surface area contributed by atoms with E-state index in [-0.39, 0.29) is 19.5 Å². The highest BCUT2D eigenvalue weighted by atomic mass is 19.4. The predicted molar refractivity (Wildman–Crippen MR) is 67.0 cm³/mol. The number of aliphatic hydroxyl groups is 1. The summed E-state index contributed by atoms with van der Waals surface area (Å²) in [6.07, 6.45) is -2.74. The molecule has 0 aromatic carbocycles. The Morgan fingerprint density at radius 2 is 2.00 bits per heavy atom. The highest BCUT2D eigenvalue weighted by Crippen LogP contribution is 2.45. The molecule has 1 saturated carbocycles. The van der Waals surface area contributed by atoms with Crippen LogP contribution in [0.4, 0.5) is 13.2 Å². The Kier molecular flexibility index (Phi) is 4.30. The maximum absolute atomic E-state index is 13.3. The van der Waals surface area contributed by atoms with E-state index >= 15 is 0 Å². The van der Waals surface area contributed by atoms with Crippen molar-refractivity contribution in [3.05, 3.63) is 0 Å². The lowest BCUT2D eigenvalue weighted by molar-refractivity contribution is -0.223. The van der Waals surface area contributed by atoms with Crippen LogP contribution in [-0.4, -0.2) is 54.4 Å². The van der Waals surface area contributed by atoms with Gasteiger partial charge in [0.25, 0.3) is 0 Å². The van der Waals surface area contributed by atoms with Gasteiger partial charge in [0.05, 0.1) is 12.1 Å². The first-order valence-electron chi connectivity index (χ1n) is 7.02. The Bertz CT molecular complexity index is 367. The van der Waals surface area contributed by atoms with Crippen molar-refractivity contribution in [3.8, 4) is 0 Å². The van der Waals surface area contributed by atoms with Crippen molar-refractivity contribution in [1.82, 2.24) is 10.2 Å². The first kappa shape index (κ1) is 15.6. The molecule has 4 nitrogen and oxygen atoms in total. The fraction of sp³-hybridized carbons (Fsp3) is 0.923. The van der Waals surface area contributed by atoms with Gasteiger partial charge in [-0.05, 0) is 25.8 Å². The molecule has 116 valence electrons. The van der Waals surface area contributed by atoms with Gasteiger partial charge in [-0.15, -0.1) is 0 Å². The molecule has 1 heterocycles. The summed E-state index contributed by atoms with van der Waals surface area (Å²) in [6, 6.07) is -0.504. The smallest absolute Gasteiger partial charge is 0.391 e. The van der Waals surface area contributed by atoms with E-state index in [1.54, 1.807) is 0 Å². The number of carbonyl (C=O) groups is 1. The standard InChI is InChI=1S/C13H21F3N2O2/c1-18(9-4-2-3-5-10(9)19)11(20)12(13(14,15)16)6-7-17-8-12/h9-10,17,19H,2-8H2,1H3. The Morgan fingerprint density at radius 3 is 2.50 bits per heavy atom. The van der Waals surface area contributed by atoms with Crippen LogP contribution in [0.3, 0.4) is 0 Å². The van der Waals surface area contributed by atoms with Crippen LogP contribution in [0.5, 0.6) is 0 Å². The molecular formula is C13H21F3N2O2. The van der Waals surface area contributed by atoms with Gasteiger partial charge in [-0.25, -0.2) is 0 Å². The maximum Gasteiger partial charge on any atom is 0.404 e. The number of nitrogens with one attached hydrogen (secondary N) is 1. The van der Waals surface area contributed by atoms with Crippen molar-refractivity contribution in [3.63, 3.8) is 0 Å². The van der Waals surface area contributed by atoms with E-state index in [1.165, 1.54) is 7.05 Å². The number of likely N-dealkylation sites (N-methyl/N-ethyl adjacent to an activating group) is 1. The second-order valence-electron chi connectivity index (χ2n) is 5.84. The number of hydrogen-bond acceptors (Lipinski definition) is 3. The van der Waals surface area contributed by atoms with Crippen molar-refractivity contribution in [1.29, 1.82) is 0 Å². The molecule has 20 heavy (non-hydrogen) atoms. The van der Waals surface area contributed by atoms with Gasteiger partial charge >= 0.3 is 6.18 Å². The van der Waals surface area contributed by atoms with E-state index in [0.717, 1.165) is 17.7 Å². The zero-order chi connectivity index (χ0) is 15.0. The molecule has 0 aromatic heterocycles. The van der Waals surface area contributed by atoms with Crippen molar-refractivity contribution in [2.24, 2.45) is 5.41 Å². The predicted octanol–water partition coefficient (Wildman–Crippen LogP) is 1.29. The Labute approximate surface area is 116 Å². The number of carbonyl (C=O) groups excluding carboxylic acids is 1. The Hall–Kier alpha value is -0.820. The van der Waals surface area contributed by atoms with E-state index in [2.05, 4.69) is 5.32 Å². The van der Waals surface area contributed by atoms with Gasteiger partial charge in [-0.3, -0.25) is 4.79 Å². The topological polar surface area (TPSA) is 52.6 Å². The van der Waals surface area contributed by atoms with Gasteiger partial charge in [0.1, 0.15) is 0 Å². The second-order valence-corrected chi connectivity index (χ2v) is 5.84. The minimum Gasteiger partial charge on any atom is -0.391 e. The molecule has 2 fully saturated rings. The summed E-state index contributed by atoms with van der Waals surface area (Å²) in [5.74, 6) is -0.916. The molecule has 2 aliphatic rings. The van der Waals surface area contributed by atoms with E-state index in [9.17, 15) is 23.1 Å². The molecule has 2 rings (SSSR count). The van der Waals surface area contributed by atoms with Crippen LogP contribution in [0.25, 0.3) is 0 Å². The van der Waals surface area contributed by atoms with Crippen LogP contribution in [0.2, 0.25) is 0 Å². The van der Waals surface area contributed by atoms with Crippen LogP contribution in [0.1, 0.15) is 32.1 Å². The molecule has 0 aromatic rings. The zero-order valence-electron chi connectivity index (χ0n) is 11.5. The lowest BCUT2D eigenvalue weighted by Gasteiger charge is -2.40. The molecule has 7 heteroatoms. The van der Waals surface area contributed by atoms with E-state index < -0.39 is 29.6 Å². The van der Waals surface area contributed by atoms with Crippen molar-refractivity contribution < 1.29 is 23.1 Å². The molecule has 3 unspecified atom stereocenters. The second kappa shape index (κ2) is 5.52. The molecule has 0 radical (unpaired) electrons. The lowest BCUT2D eigenvalue weighted by atomic mass is 9.82. The monoisotopic (exact) mass is 294 g/mol. The van der Waals surface area contributed by atoms with Crippen LogP contribution < -0.4 is 5.32 Å². The average Bonchev–Trinajstić information content (AvgIpc) is 2.87. The van der Waals surface area contributed by atoms with Gasteiger partial charge in [-0.2, -0.15) is 13.2 Å². The third-order valence-corrected chi connectivity index (χ3v) is 4.62. The zero-order valence-corrected chi connectivity index (χ0v) is 11.5. The number of hydrogen-bond donors (Lipinski definition) is 2. The minimum atomic E-state index is -4.57. The summed E-state index contributed by atoms with van der Waals surface area (Å²) in [5, 5.41) is 12.6. The summed E-state index contributed by atoms with van der Waals surface area (Å²) >= 11 is 0. The number of alkyl halides is 3. The SMILES string of the molecule is CN(C(=O)C1(C(F)(F)F)CCNC1)C1CCCCC1O. The van der Waals surface area contributed by atoms with Gasteiger partial charge in [0.2, 0.25) is 5.91 Å². The molecule has 0 spiro atoms. The van der Waals surface area contributed by atoms with Crippen LogP contribution in [-0.2, 0) is 4.79 Å². The Morgan fingerprint density at radius 1 is 1.35 bits per heavy atom. The highest BCUT2D eigenvalue weighted by Gasteiger charge is 2.62. The number of rotatable bonds is 2. The summed E-state index contributed by atoms with van der Waals surface area (Å²) in [4.78, 5) is 13.5. The molecule has 2 N–H and O–H groups in total. The molecule has 1 saturated heterocycles. The minimum absolute atomic E-state index is 0.187. The van der Waals surface area contributed by atoms with Crippen LogP contribution in [0, 0.1) is 5.41 Å². The molecule has 0 bridgehead atoms. The quantitative estimate of drug-likeness (QED) is 0.807. The largest absolute Gasteiger partial charge is 0.404 e. The first-order chi connectivity index (χ1) is 9.29. The van der Waals surface area contributed by atoms with Crippen LogP contribution in [0.15, 0.2) is 0 Å². The average molecular weight is 294 g/mol. The normalized spacial score (nSPS) is 35.0. The summed E-state index contributed by atoms with van der Waals surface area (Å²) in [6.45, 7) is -0.186. The van der Waals surface area contributed by atoms with Gasteiger partial charge in [-0.1, -0.05) is 12.8 Å². The van der Waals surface area contributed by atoms with Gasteiger partial charge in [0, 0.05) is 13.6 Å². The highest BCUT2D eigenvalue weighted by molar-refractivity contribution is 5.84. The number of amides is 1. The Balaban J connectivity index is 2.19. The lowest BCUT2D eigenvalue weighted by Crippen LogP contribution is -2.57. The maximum atomic E-state index is 13.3. The van der Waals surface area contributed by atoms with E-state index in [1.807, 2.05) is 0 Å². The molecule has 1 aliphatic carbocycles. The van der Waals surface area contributed by atoms with Gasteiger partial charge in [0.15, 0.2) is 5.41 Å².